The van der Waals surface area contributed by atoms with Gasteiger partial charge in [-0.25, -0.2) is 0 Å². The van der Waals surface area contributed by atoms with Gasteiger partial charge in [0.25, 0.3) is 5.91 Å². The van der Waals surface area contributed by atoms with E-state index in [1.165, 1.54) is 11.1 Å². The Morgan fingerprint density at radius 1 is 1.33 bits per heavy atom. The lowest BCUT2D eigenvalue weighted by molar-refractivity contribution is 0.0727. The maximum atomic E-state index is 12.8. The van der Waals surface area contributed by atoms with Crippen LogP contribution in [0, 0.1) is 0 Å². The quantitative estimate of drug-likeness (QED) is 0.860. The molecule has 0 saturated carbocycles. The number of rotatable bonds is 2. The number of halogens is 1. The van der Waals surface area contributed by atoms with Gasteiger partial charge in [-0.2, -0.15) is 5.10 Å². The van der Waals surface area contributed by atoms with E-state index in [1.807, 2.05) is 27.9 Å². The van der Waals surface area contributed by atoms with E-state index in [2.05, 4.69) is 38.5 Å². The number of piperidine rings is 1. The molecule has 0 spiro atoms. The first kappa shape index (κ1) is 15.8. The Morgan fingerprint density at radius 2 is 2.25 bits per heavy atom. The maximum Gasteiger partial charge on any atom is 0.274 e. The van der Waals surface area contributed by atoms with Gasteiger partial charge in [0.2, 0.25) is 0 Å². The van der Waals surface area contributed by atoms with Crippen LogP contribution in [0.15, 0.2) is 34.9 Å². The molecule has 1 aromatic heterocycles. The highest BCUT2D eigenvalue weighted by Gasteiger charge is 2.25. The van der Waals surface area contributed by atoms with Crippen molar-refractivity contribution in [2.75, 3.05) is 19.6 Å². The highest BCUT2D eigenvalue weighted by Crippen LogP contribution is 2.27. The second kappa shape index (κ2) is 6.69. The number of carbonyl (C=O) groups is 1. The molecule has 1 N–H and O–H groups in total. The molecule has 2 aliphatic heterocycles. The van der Waals surface area contributed by atoms with Crippen LogP contribution in [0.4, 0.5) is 0 Å². The zero-order valence-electron chi connectivity index (χ0n) is 13.5. The van der Waals surface area contributed by atoms with Crippen molar-refractivity contribution in [3.63, 3.8) is 0 Å². The van der Waals surface area contributed by atoms with Crippen molar-refractivity contribution < 1.29 is 4.79 Å². The summed E-state index contributed by atoms with van der Waals surface area (Å²) in [6.45, 7) is 3.41. The Balaban J connectivity index is 1.49. The topological polar surface area (TPSA) is 50.2 Å². The fraction of sp³-hybridized carbons (Fsp3) is 0.444. The minimum atomic E-state index is 0.0307. The van der Waals surface area contributed by atoms with Crippen molar-refractivity contribution in [2.45, 2.75) is 31.8 Å². The van der Waals surface area contributed by atoms with Gasteiger partial charge >= 0.3 is 0 Å². The van der Waals surface area contributed by atoms with Crippen LogP contribution in [-0.4, -0.2) is 40.2 Å². The number of fused-ring (bicyclic) bond motifs is 1. The third-order valence-electron chi connectivity index (χ3n) is 4.97. The molecule has 24 heavy (non-hydrogen) atoms. The lowest BCUT2D eigenvalue weighted by atomic mass is 10.00. The summed E-state index contributed by atoms with van der Waals surface area (Å²) in [7, 11) is 0. The van der Waals surface area contributed by atoms with E-state index in [0.29, 0.717) is 18.3 Å². The van der Waals surface area contributed by atoms with E-state index in [1.54, 1.807) is 0 Å². The van der Waals surface area contributed by atoms with Crippen LogP contribution in [0.1, 0.15) is 40.5 Å². The molecule has 0 radical (unpaired) electrons. The second-order valence-electron chi connectivity index (χ2n) is 6.54. The van der Waals surface area contributed by atoms with Gasteiger partial charge in [-0.15, -0.1) is 0 Å². The van der Waals surface area contributed by atoms with Crippen LogP contribution in [0.2, 0.25) is 0 Å². The summed E-state index contributed by atoms with van der Waals surface area (Å²) in [5.41, 5.74) is 3.10. The van der Waals surface area contributed by atoms with Gasteiger partial charge in [0, 0.05) is 30.3 Å². The molecule has 1 saturated heterocycles. The molecule has 126 valence electrons. The predicted molar refractivity (Wildman–Crippen MR) is 96.0 cm³/mol. The van der Waals surface area contributed by atoms with Crippen molar-refractivity contribution in [1.29, 1.82) is 0 Å². The highest BCUT2D eigenvalue weighted by molar-refractivity contribution is 9.10. The Kier molecular flexibility index (Phi) is 4.41. The van der Waals surface area contributed by atoms with E-state index in [0.717, 1.165) is 43.4 Å². The smallest absolute Gasteiger partial charge is 0.274 e. The number of hydrogen-bond acceptors (Lipinski definition) is 3. The molecule has 1 unspecified atom stereocenters. The van der Waals surface area contributed by atoms with Crippen molar-refractivity contribution >= 4 is 21.8 Å². The molecule has 1 atom stereocenters. The minimum absolute atomic E-state index is 0.0307. The number of hydrogen-bond donors (Lipinski definition) is 1. The van der Waals surface area contributed by atoms with Gasteiger partial charge in [0.05, 0.1) is 6.04 Å². The number of amides is 1. The summed E-state index contributed by atoms with van der Waals surface area (Å²) in [5.74, 6) is 0.0307. The zero-order valence-corrected chi connectivity index (χ0v) is 15.1. The van der Waals surface area contributed by atoms with Gasteiger partial charge in [-0.3, -0.25) is 9.48 Å². The van der Waals surface area contributed by atoms with E-state index < -0.39 is 0 Å². The van der Waals surface area contributed by atoms with Crippen LogP contribution >= 0.6 is 15.9 Å². The maximum absolute atomic E-state index is 12.8. The number of aromatic nitrogens is 2. The summed E-state index contributed by atoms with van der Waals surface area (Å²) in [4.78, 5) is 14.7. The largest absolute Gasteiger partial charge is 0.333 e. The summed E-state index contributed by atoms with van der Waals surface area (Å²) < 4.78 is 3.09. The number of nitrogens with zero attached hydrogens (tertiary/aromatic N) is 3. The van der Waals surface area contributed by atoms with E-state index in [-0.39, 0.29) is 5.91 Å². The van der Waals surface area contributed by atoms with Gasteiger partial charge in [-0.05, 0) is 49.1 Å². The lowest BCUT2D eigenvalue weighted by Gasteiger charge is -2.29. The first-order valence-corrected chi connectivity index (χ1v) is 9.33. The first-order valence-electron chi connectivity index (χ1n) is 8.54. The van der Waals surface area contributed by atoms with E-state index in [4.69, 9.17) is 0 Å². The average molecular weight is 389 g/mol. The Labute approximate surface area is 150 Å². The average Bonchev–Trinajstić information content (AvgIpc) is 3.12. The molecule has 1 fully saturated rings. The van der Waals surface area contributed by atoms with Gasteiger partial charge in [-0.1, -0.05) is 28.1 Å². The van der Waals surface area contributed by atoms with Crippen molar-refractivity contribution in [3.8, 4) is 0 Å². The van der Waals surface area contributed by atoms with Gasteiger partial charge in [0.15, 0.2) is 0 Å². The standard InChI is InChI=1S/C18H21BrN4O/c19-16-5-1-3-13-12-22(9-6-15(13)16)18(24)17-7-10-23(21-17)14-4-2-8-20-11-14/h1,3,5,7,10,14,20H,2,4,6,8-9,11-12H2. The molecule has 3 heterocycles. The van der Waals surface area contributed by atoms with Crippen LogP contribution in [-0.2, 0) is 13.0 Å². The first-order chi connectivity index (χ1) is 11.7. The van der Waals surface area contributed by atoms with Crippen LogP contribution in [0.25, 0.3) is 0 Å². The zero-order chi connectivity index (χ0) is 16.5. The molecule has 5 nitrogen and oxygen atoms in total. The summed E-state index contributed by atoms with van der Waals surface area (Å²) >= 11 is 3.61. The van der Waals surface area contributed by atoms with Gasteiger partial charge in [0.1, 0.15) is 5.69 Å². The highest BCUT2D eigenvalue weighted by atomic mass is 79.9. The molecule has 1 amide bonds. The normalized spacial score (nSPS) is 20.7. The Hall–Kier alpha value is -1.66. The summed E-state index contributed by atoms with van der Waals surface area (Å²) in [5, 5.41) is 7.95. The molecule has 2 aliphatic rings. The summed E-state index contributed by atoms with van der Waals surface area (Å²) in [6.07, 6.45) is 5.11. The van der Waals surface area contributed by atoms with Crippen LogP contribution in [0.3, 0.4) is 0 Å². The molecule has 2 aromatic rings. The predicted octanol–water partition coefficient (Wildman–Crippen LogP) is 2.77. The third-order valence-corrected chi connectivity index (χ3v) is 5.71. The van der Waals surface area contributed by atoms with Crippen LogP contribution < -0.4 is 5.32 Å². The summed E-state index contributed by atoms with van der Waals surface area (Å²) in [6, 6.07) is 8.41. The monoisotopic (exact) mass is 388 g/mol. The van der Waals surface area contributed by atoms with Crippen LogP contribution in [0.5, 0.6) is 0 Å². The molecule has 0 aliphatic carbocycles. The molecule has 0 bridgehead atoms. The third kappa shape index (κ3) is 3.00. The number of nitrogens with one attached hydrogen (secondary N) is 1. The van der Waals surface area contributed by atoms with E-state index in [9.17, 15) is 4.79 Å². The lowest BCUT2D eigenvalue weighted by Crippen LogP contribution is -2.36. The fourth-order valence-electron chi connectivity index (χ4n) is 3.61. The van der Waals surface area contributed by atoms with Crippen molar-refractivity contribution in [2.24, 2.45) is 0 Å². The SMILES string of the molecule is O=C(c1ccn(C2CCCNC2)n1)N1CCc2c(Br)cccc2C1. The van der Waals surface area contributed by atoms with Gasteiger partial charge < -0.3 is 10.2 Å². The van der Waals surface area contributed by atoms with Crippen molar-refractivity contribution in [1.82, 2.24) is 20.0 Å². The fourth-order valence-corrected chi connectivity index (χ4v) is 4.22. The molecule has 1 aromatic carbocycles. The molecule has 4 rings (SSSR count). The number of carbonyl (C=O) groups excluding carboxylic acids is 1. The minimum Gasteiger partial charge on any atom is -0.333 e. The molecular formula is C18H21BrN4O. The van der Waals surface area contributed by atoms with Crippen molar-refractivity contribution in [3.05, 3.63) is 51.8 Å². The molecular weight excluding hydrogens is 368 g/mol. The Bertz CT molecular complexity index is 751. The number of benzene rings is 1. The van der Waals surface area contributed by atoms with E-state index >= 15 is 0 Å². The molecule has 6 heteroatoms. The second-order valence-corrected chi connectivity index (χ2v) is 7.39. The Morgan fingerprint density at radius 3 is 3.08 bits per heavy atom.